The Bertz CT molecular complexity index is 1290. The van der Waals surface area contributed by atoms with Crippen molar-refractivity contribution in [3.8, 4) is 5.75 Å². The van der Waals surface area contributed by atoms with Gasteiger partial charge in [-0.05, 0) is 68.6 Å². The molecule has 0 unspecified atom stereocenters. The molecule has 1 fully saturated rings. The number of piperazine rings is 1. The summed E-state index contributed by atoms with van der Waals surface area (Å²) in [7, 11) is 1.57. The molecule has 0 atom stereocenters. The largest absolute Gasteiger partial charge is 0.496 e. The van der Waals surface area contributed by atoms with E-state index in [2.05, 4.69) is 22.9 Å². The lowest BCUT2D eigenvalue weighted by Gasteiger charge is -2.31. The van der Waals surface area contributed by atoms with Crippen molar-refractivity contribution in [3.05, 3.63) is 44.1 Å². The summed E-state index contributed by atoms with van der Waals surface area (Å²) in [6.45, 7) is 12.4. The summed E-state index contributed by atoms with van der Waals surface area (Å²) in [5.41, 5.74) is 3.37. The maximum absolute atomic E-state index is 13.3. The molecule has 0 aliphatic carbocycles. The molecule has 2 aliphatic rings. The monoisotopic (exact) mass is 578 g/mol. The molecule has 2 aliphatic heterocycles. The number of hydrogen-bond acceptors (Lipinski definition) is 8. The lowest BCUT2D eigenvalue weighted by atomic mass is 10.1. The predicted octanol–water partition coefficient (Wildman–Crippen LogP) is 2.65. The maximum Gasteiger partial charge on any atom is 0.248 e. The van der Waals surface area contributed by atoms with Crippen LogP contribution in [0.3, 0.4) is 0 Å². The molecule has 216 valence electrons. The van der Waals surface area contributed by atoms with Crippen LogP contribution in [0.4, 0.5) is 0 Å². The van der Waals surface area contributed by atoms with E-state index < -0.39 is 10.0 Å². The zero-order chi connectivity index (χ0) is 28.3. The normalized spacial score (nSPS) is 17.1. The SMILES string of the molecule is COc1cc(C)c(S(=O)(=O)N(C)CCOCC(=O)N2CCc3sc(CN4CCN(C)CC4)cc3C2)c(C)c1C. The third-order valence-corrected chi connectivity index (χ3v) is 11.3. The van der Waals surface area contributed by atoms with Gasteiger partial charge in [-0.2, -0.15) is 4.31 Å². The summed E-state index contributed by atoms with van der Waals surface area (Å²) < 4.78 is 38.9. The number of nitrogens with zero attached hydrogens (tertiary/aromatic N) is 4. The first kappa shape index (κ1) is 30.0. The van der Waals surface area contributed by atoms with Crippen LogP contribution in [-0.4, -0.2) is 107 Å². The summed E-state index contributed by atoms with van der Waals surface area (Å²) in [4.78, 5) is 22.6. The third kappa shape index (κ3) is 6.83. The zero-order valence-corrected chi connectivity index (χ0v) is 25.7. The number of fused-ring (bicyclic) bond motifs is 1. The van der Waals surface area contributed by atoms with Gasteiger partial charge < -0.3 is 19.3 Å². The molecule has 0 N–H and O–H groups in total. The van der Waals surface area contributed by atoms with E-state index in [0.717, 1.165) is 44.7 Å². The van der Waals surface area contributed by atoms with E-state index in [-0.39, 0.29) is 25.7 Å². The van der Waals surface area contributed by atoms with Gasteiger partial charge in [0, 0.05) is 69.2 Å². The Kier molecular flexibility index (Phi) is 9.72. The summed E-state index contributed by atoms with van der Waals surface area (Å²) in [6.07, 6.45) is 0.870. The third-order valence-electron chi connectivity index (χ3n) is 7.89. The number of likely N-dealkylation sites (N-methyl/N-ethyl adjacent to an activating group) is 2. The number of methoxy groups -OCH3 is 1. The van der Waals surface area contributed by atoms with E-state index in [1.165, 1.54) is 19.6 Å². The fourth-order valence-electron chi connectivity index (χ4n) is 5.26. The van der Waals surface area contributed by atoms with Crippen molar-refractivity contribution in [1.29, 1.82) is 0 Å². The molecule has 9 nitrogen and oxygen atoms in total. The molecule has 0 saturated carbocycles. The molecule has 1 saturated heterocycles. The highest BCUT2D eigenvalue weighted by atomic mass is 32.2. The minimum absolute atomic E-state index is 0.0544. The van der Waals surface area contributed by atoms with E-state index in [1.54, 1.807) is 34.1 Å². The van der Waals surface area contributed by atoms with Gasteiger partial charge >= 0.3 is 0 Å². The molecule has 0 radical (unpaired) electrons. The maximum atomic E-state index is 13.3. The topological polar surface area (TPSA) is 82.6 Å². The molecule has 1 aromatic heterocycles. The van der Waals surface area contributed by atoms with E-state index in [9.17, 15) is 13.2 Å². The molecule has 11 heteroatoms. The van der Waals surface area contributed by atoms with Crippen LogP contribution in [0.5, 0.6) is 5.75 Å². The Hall–Kier alpha value is -2.02. The van der Waals surface area contributed by atoms with Crippen LogP contribution < -0.4 is 4.74 Å². The highest BCUT2D eigenvalue weighted by Crippen LogP contribution is 2.32. The second-order valence-electron chi connectivity index (χ2n) is 10.7. The van der Waals surface area contributed by atoms with Crippen molar-refractivity contribution < 1.29 is 22.7 Å². The molecule has 0 spiro atoms. The molecule has 3 heterocycles. The Morgan fingerprint density at radius 3 is 2.49 bits per heavy atom. The number of ether oxygens (including phenoxy) is 2. The Labute approximate surface area is 237 Å². The standard InChI is InChI=1S/C28H42N4O5S2/c1-20-15-25(36-6)21(2)22(3)28(20)39(34,35)30(5)13-14-37-19-27(33)32-8-7-26-23(17-32)16-24(38-26)18-31-11-9-29(4)10-12-31/h15-16H,7-14,17-19H2,1-6H3. The highest BCUT2D eigenvalue weighted by Gasteiger charge is 2.28. The number of rotatable bonds is 10. The first-order valence-electron chi connectivity index (χ1n) is 13.5. The van der Waals surface area contributed by atoms with Crippen LogP contribution in [0, 0.1) is 20.8 Å². The van der Waals surface area contributed by atoms with E-state index >= 15 is 0 Å². The molecule has 1 amide bonds. The number of sulfonamides is 1. The highest BCUT2D eigenvalue weighted by molar-refractivity contribution is 7.89. The fourth-order valence-corrected chi connectivity index (χ4v) is 8.11. The van der Waals surface area contributed by atoms with E-state index in [0.29, 0.717) is 34.9 Å². The first-order valence-corrected chi connectivity index (χ1v) is 15.7. The lowest BCUT2D eigenvalue weighted by Crippen LogP contribution is -2.43. The van der Waals surface area contributed by atoms with E-state index in [1.807, 2.05) is 23.2 Å². The number of benzene rings is 1. The van der Waals surface area contributed by atoms with Gasteiger partial charge in [0.2, 0.25) is 15.9 Å². The second-order valence-corrected chi connectivity index (χ2v) is 13.9. The molecule has 4 rings (SSSR count). The van der Waals surface area contributed by atoms with Gasteiger partial charge in [-0.25, -0.2) is 8.42 Å². The molecular weight excluding hydrogens is 536 g/mol. The van der Waals surface area contributed by atoms with Crippen LogP contribution in [0.25, 0.3) is 0 Å². The summed E-state index contributed by atoms with van der Waals surface area (Å²) in [5, 5.41) is 0. The summed E-state index contributed by atoms with van der Waals surface area (Å²) >= 11 is 1.88. The number of aryl methyl sites for hydroxylation is 1. The van der Waals surface area contributed by atoms with Crippen LogP contribution in [0.2, 0.25) is 0 Å². The molecule has 39 heavy (non-hydrogen) atoms. The minimum atomic E-state index is -3.72. The number of carbonyl (C=O) groups is 1. The molecule has 1 aromatic carbocycles. The van der Waals surface area contributed by atoms with Crippen molar-refractivity contribution in [1.82, 2.24) is 19.0 Å². The summed E-state index contributed by atoms with van der Waals surface area (Å²) in [6, 6.07) is 4.02. The quantitative estimate of drug-likeness (QED) is 0.401. The average molecular weight is 579 g/mol. The van der Waals surface area contributed by atoms with E-state index in [4.69, 9.17) is 9.47 Å². The molecule has 0 bridgehead atoms. The smallest absolute Gasteiger partial charge is 0.248 e. The van der Waals surface area contributed by atoms with Crippen LogP contribution in [0.1, 0.15) is 32.0 Å². The number of carbonyl (C=O) groups excluding carboxylic acids is 1. The van der Waals surface area contributed by atoms with Crippen LogP contribution in [0.15, 0.2) is 17.0 Å². The van der Waals surface area contributed by atoms with Gasteiger partial charge in [-0.3, -0.25) is 9.69 Å². The zero-order valence-electron chi connectivity index (χ0n) is 24.1. The fraction of sp³-hybridized carbons (Fsp3) is 0.607. The van der Waals surface area contributed by atoms with Gasteiger partial charge in [0.1, 0.15) is 12.4 Å². The Morgan fingerprint density at radius 1 is 1.08 bits per heavy atom. The van der Waals surface area contributed by atoms with Crippen molar-refractivity contribution in [2.24, 2.45) is 0 Å². The van der Waals surface area contributed by atoms with Gasteiger partial charge in [0.05, 0.1) is 18.6 Å². The minimum Gasteiger partial charge on any atom is -0.496 e. The van der Waals surface area contributed by atoms with Crippen LogP contribution >= 0.6 is 11.3 Å². The second kappa shape index (κ2) is 12.7. The first-order chi connectivity index (χ1) is 18.5. The Balaban J connectivity index is 1.26. The van der Waals surface area contributed by atoms with Crippen molar-refractivity contribution in [2.75, 3.05) is 73.7 Å². The van der Waals surface area contributed by atoms with Crippen molar-refractivity contribution in [2.45, 2.75) is 45.2 Å². The van der Waals surface area contributed by atoms with Gasteiger partial charge in [-0.15, -0.1) is 11.3 Å². The van der Waals surface area contributed by atoms with Crippen LogP contribution in [-0.2, 0) is 39.1 Å². The lowest BCUT2D eigenvalue weighted by molar-refractivity contribution is -0.137. The van der Waals surface area contributed by atoms with Gasteiger partial charge in [0.25, 0.3) is 0 Å². The average Bonchev–Trinajstić information content (AvgIpc) is 3.31. The number of thiophene rings is 1. The molecular formula is C28H42N4O5S2. The number of amides is 1. The molecule has 2 aromatic rings. The summed E-state index contributed by atoms with van der Waals surface area (Å²) in [5.74, 6) is 0.613. The predicted molar refractivity (Wildman–Crippen MR) is 154 cm³/mol. The van der Waals surface area contributed by atoms with Crippen molar-refractivity contribution >= 4 is 27.3 Å². The van der Waals surface area contributed by atoms with Gasteiger partial charge in [0.15, 0.2) is 0 Å². The number of hydrogen-bond donors (Lipinski definition) is 0. The van der Waals surface area contributed by atoms with Gasteiger partial charge in [-0.1, -0.05) is 0 Å². The Morgan fingerprint density at radius 2 is 1.79 bits per heavy atom. The van der Waals surface area contributed by atoms with Crippen molar-refractivity contribution in [3.63, 3.8) is 0 Å².